The van der Waals surface area contributed by atoms with E-state index in [1.165, 1.54) is 10.9 Å². The molecule has 1 aliphatic heterocycles. The Bertz CT molecular complexity index is 1700. The minimum Gasteiger partial charge on any atom is -0.454 e. The summed E-state index contributed by atoms with van der Waals surface area (Å²) in [5.41, 5.74) is 2.89. The Labute approximate surface area is 204 Å². The van der Waals surface area contributed by atoms with E-state index >= 15 is 0 Å². The van der Waals surface area contributed by atoms with Crippen molar-refractivity contribution in [2.75, 3.05) is 12.1 Å². The molecule has 1 amide bonds. The molecule has 2 aromatic carbocycles. The van der Waals surface area contributed by atoms with Crippen molar-refractivity contribution in [3.8, 4) is 11.5 Å². The van der Waals surface area contributed by atoms with Crippen LogP contribution < -0.4 is 20.3 Å². The molecule has 0 spiro atoms. The predicted octanol–water partition coefficient (Wildman–Crippen LogP) is 3.02. The molecule has 36 heavy (non-hydrogen) atoms. The molecule has 0 atom stereocenters. The van der Waals surface area contributed by atoms with Gasteiger partial charge in [-0.15, -0.1) is 0 Å². The highest BCUT2D eigenvalue weighted by molar-refractivity contribution is 6.06. The maximum absolute atomic E-state index is 13.6. The van der Waals surface area contributed by atoms with Gasteiger partial charge < -0.3 is 23.9 Å². The molecule has 182 valence electrons. The number of fused-ring (bicyclic) bond motifs is 4. The summed E-state index contributed by atoms with van der Waals surface area (Å²) >= 11 is 0. The first kappa shape index (κ1) is 21.8. The number of carbonyl (C=O) groups is 1. The maximum Gasteiger partial charge on any atom is 0.278 e. The molecular formula is C25H22N6O5. The lowest BCUT2D eigenvalue weighted by Gasteiger charge is -2.10. The Balaban J connectivity index is 1.39. The molecule has 5 aromatic rings. The second-order valence-electron chi connectivity index (χ2n) is 8.56. The van der Waals surface area contributed by atoms with E-state index in [0.717, 1.165) is 16.5 Å². The van der Waals surface area contributed by atoms with Gasteiger partial charge in [0.1, 0.15) is 24.1 Å². The van der Waals surface area contributed by atoms with E-state index in [9.17, 15) is 9.59 Å². The molecule has 0 radical (unpaired) electrons. The zero-order valence-corrected chi connectivity index (χ0v) is 19.6. The molecule has 0 aliphatic carbocycles. The molecule has 0 bridgehead atoms. The van der Waals surface area contributed by atoms with Gasteiger partial charge >= 0.3 is 0 Å². The van der Waals surface area contributed by atoms with Crippen LogP contribution in [0.2, 0.25) is 0 Å². The second-order valence-corrected chi connectivity index (χ2v) is 8.56. The van der Waals surface area contributed by atoms with Gasteiger partial charge in [-0.1, -0.05) is 23.7 Å². The lowest BCUT2D eigenvalue weighted by atomic mass is 10.1. The first-order chi connectivity index (χ1) is 17.5. The monoisotopic (exact) mass is 486 g/mol. The summed E-state index contributed by atoms with van der Waals surface area (Å²) in [5, 5.41) is 7.57. The standard InChI is InChI=1S/C25H22N6O5/c1-3-20-28-22(36-29-20)11-30-12-26-23-16-8-14(2)4-6-17(16)31(24(23)25(30)33)10-21(32)27-15-5-7-18-19(9-15)35-13-34-18/h4-9,12H,3,10-11,13H2,1-2H3,(H,27,32). The minimum atomic E-state index is -0.305. The molecule has 0 saturated carbocycles. The van der Waals surface area contributed by atoms with E-state index in [2.05, 4.69) is 20.4 Å². The van der Waals surface area contributed by atoms with Crippen molar-refractivity contribution >= 4 is 33.5 Å². The summed E-state index contributed by atoms with van der Waals surface area (Å²) in [4.78, 5) is 35.6. The van der Waals surface area contributed by atoms with Crippen LogP contribution in [0.25, 0.3) is 21.9 Å². The zero-order chi connectivity index (χ0) is 24.8. The normalized spacial score (nSPS) is 12.5. The summed E-state index contributed by atoms with van der Waals surface area (Å²) in [7, 11) is 0. The van der Waals surface area contributed by atoms with Crippen molar-refractivity contribution in [1.82, 2.24) is 24.3 Å². The van der Waals surface area contributed by atoms with Gasteiger partial charge in [0, 0.05) is 23.6 Å². The Morgan fingerprint density at radius 1 is 1.14 bits per heavy atom. The third-order valence-corrected chi connectivity index (χ3v) is 6.07. The molecule has 0 saturated heterocycles. The largest absolute Gasteiger partial charge is 0.454 e. The molecule has 1 aliphatic rings. The Kier molecular flexibility index (Phi) is 5.17. The van der Waals surface area contributed by atoms with Gasteiger partial charge in [0.2, 0.25) is 18.6 Å². The lowest BCUT2D eigenvalue weighted by molar-refractivity contribution is -0.116. The van der Waals surface area contributed by atoms with Crippen molar-refractivity contribution in [2.45, 2.75) is 33.4 Å². The van der Waals surface area contributed by atoms with Gasteiger partial charge in [-0.3, -0.25) is 14.2 Å². The van der Waals surface area contributed by atoms with E-state index < -0.39 is 0 Å². The lowest BCUT2D eigenvalue weighted by Crippen LogP contribution is -2.25. The summed E-state index contributed by atoms with van der Waals surface area (Å²) in [6.07, 6.45) is 2.10. The van der Waals surface area contributed by atoms with E-state index in [0.29, 0.717) is 46.4 Å². The number of amides is 1. The van der Waals surface area contributed by atoms with Gasteiger partial charge in [-0.05, 0) is 31.2 Å². The second kappa shape index (κ2) is 8.52. The first-order valence-electron chi connectivity index (χ1n) is 11.5. The van der Waals surface area contributed by atoms with Crippen LogP contribution >= 0.6 is 0 Å². The highest BCUT2D eigenvalue weighted by atomic mass is 16.7. The average molecular weight is 486 g/mol. The number of hydrogen-bond donors (Lipinski definition) is 1. The third kappa shape index (κ3) is 3.74. The van der Waals surface area contributed by atoms with Crippen LogP contribution in [0.3, 0.4) is 0 Å². The van der Waals surface area contributed by atoms with Crippen LogP contribution in [0, 0.1) is 6.92 Å². The number of carbonyl (C=O) groups excluding carboxylic acids is 1. The van der Waals surface area contributed by atoms with Crippen molar-refractivity contribution in [3.63, 3.8) is 0 Å². The number of nitrogens with zero attached hydrogens (tertiary/aromatic N) is 5. The minimum absolute atomic E-state index is 0.0821. The Morgan fingerprint density at radius 2 is 2.00 bits per heavy atom. The van der Waals surface area contributed by atoms with Crippen LogP contribution in [-0.2, 0) is 24.3 Å². The van der Waals surface area contributed by atoms with E-state index in [1.54, 1.807) is 22.8 Å². The molecule has 3 aromatic heterocycles. The average Bonchev–Trinajstić information content (AvgIpc) is 3.59. The van der Waals surface area contributed by atoms with Gasteiger partial charge in [0.25, 0.3) is 5.56 Å². The SMILES string of the molecule is CCc1noc(Cn2cnc3c4cc(C)ccc4n(CC(=O)Nc4ccc5c(c4)OCO5)c3c2=O)n1. The fraction of sp³-hybridized carbons (Fsp3) is 0.240. The third-order valence-electron chi connectivity index (χ3n) is 6.07. The van der Waals surface area contributed by atoms with Crippen molar-refractivity contribution in [1.29, 1.82) is 0 Å². The highest BCUT2D eigenvalue weighted by Crippen LogP contribution is 2.34. The number of anilines is 1. The quantitative estimate of drug-likeness (QED) is 0.388. The van der Waals surface area contributed by atoms with Gasteiger partial charge in [-0.2, -0.15) is 4.98 Å². The number of aromatic nitrogens is 5. The molecule has 4 heterocycles. The zero-order valence-electron chi connectivity index (χ0n) is 19.6. The number of nitrogens with one attached hydrogen (secondary N) is 1. The van der Waals surface area contributed by atoms with Gasteiger partial charge in [0.15, 0.2) is 17.3 Å². The predicted molar refractivity (Wildman–Crippen MR) is 130 cm³/mol. The molecular weight excluding hydrogens is 464 g/mol. The van der Waals surface area contributed by atoms with E-state index in [1.807, 2.05) is 32.0 Å². The molecule has 11 heteroatoms. The van der Waals surface area contributed by atoms with Crippen LogP contribution in [0.1, 0.15) is 24.2 Å². The fourth-order valence-corrected chi connectivity index (χ4v) is 4.35. The highest BCUT2D eigenvalue weighted by Gasteiger charge is 2.20. The number of aryl methyl sites for hydroxylation is 2. The number of benzene rings is 2. The van der Waals surface area contributed by atoms with Crippen molar-refractivity contribution in [2.24, 2.45) is 0 Å². The Hall–Kier alpha value is -4.67. The van der Waals surface area contributed by atoms with E-state index in [-0.39, 0.29) is 31.3 Å². The fourth-order valence-electron chi connectivity index (χ4n) is 4.35. The molecule has 0 fully saturated rings. The molecule has 1 N–H and O–H groups in total. The molecule has 11 nitrogen and oxygen atoms in total. The van der Waals surface area contributed by atoms with Crippen molar-refractivity contribution < 1.29 is 18.8 Å². The molecule has 6 rings (SSSR count). The van der Waals surface area contributed by atoms with E-state index in [4.69, 9.17) is 14.0 Å². The van der Waals surface area contributed by atoms with Crippen LogP contribution in [0.4, 0.5) is 5.69 Å². The number of hydrogen-bond acceptors (Lipinski definition) is 8. The summed E-state index contributed by atoms with van der Waals surface area (Å²) in [5.74, 6) is 1.78. The van der Waals surface area contributed by atoms with Gasteiger partial charge in [0.05, 0.1) is 11.8 Å². The van der Waals surface area contributed by atoms with Crippen LogP contribution in [0.15, 0.2) is 52.0 Å². The van der Waals surface area contributed by atoms with Crippen LogP contribution in [-0.4, -0.2) is 37.0 Å². The first-order valence-corrected chi connectivity index (χ1v) is 11.5. The molecule has 0 unspecified atom stereocenters. The number of ether oxygens (including phenoxy) is 2. The number of rotatable bonds is 6. The van der Waals surface area contributed by atoms with Crippen molar-refractivity contribution in [3.05, 3.63) is 70.4 Å². The Morgan fingerprint density at radius 3 is 2.83 bits per heavy atom. The summed E-state index contributed by atoms with van der Waals surface area (Å²) in [6.45, 7) is 4.04. The summed E-state index contributed by atoms with van der Waals surface area (Å²) < 4.78 is 19.1. The smallest absolute Gasteiger partial charge is 0.278 e. The maximum atomic E-state index is 13.6. The summed E-state index contributed by atoms with van der Waals surface area (Å²) in [6, 6.07) is 11.0. The van der Waals surface area contributed by atoms with Gasteiger partial charge in [-0.25, -0.2) is 4.98 Å². The van der Waals surface area contributed by atoms with Crippen LogP contribution in [0.5, 0.6) is 11.5 Å². The topological polar surface area (TPSA) is 126 Å².